The van der Waals surface area contributed by atoms with Crippen LogP contribution in [0.3, 0.4) is 0 Å². The molecule has 1 aliphatic rings. The van der Waals surface area contributed by atoms with E-state index in [1.54, 1.807) is 0 Å². The minimum atomic E-state index is 0.414. The van der Waals surface area contributed by atoms with Crippen molar-refractivity contribution in [1.29, 1.82) is 0 Å². The highest BCUT2D eigenvalue weighted by Crippen LogP contribution is 2.23. The van der Waals surface area contributed by atoms with Crippen molar-refractivity contribution in [3.8, 4) is 0 Å². The number of hydrogen-bond acceptors (Lipinski definition) is 4. The molecule has 0 aromatic carbocycles. The predicted octanol–water partition coefficient (Wildman–Crippen LogP) is 1.23. The molecule has 0 radical (unpaired) electrons. The Morgan fingerprint density at radius 2 is 2.31 bits per heavy atom. The van der Waals surface area contributed by atoms with Gasteiger partial charge in [0.05, 0.1) is 5.92 Å². The first-order chi connectivity index (χ1) is 6.25. The average Bonchev–Trinajstić information content (AvgIpc) is 2.53. The minimum absolute atomic E-state index is 0.414. The van der Waals surface area contributed by atoms with Crippen molar-refractivity contribution in [3.63, 3.8) is 0 Å². The lowest BCUT2D eigenvalue weighted by Gasteiger charge is -2.24. The van der Waals surface area contributed by atoms with Gasteiger partial charge in [0.1, 0.15) is 0 Å². The van der Waals surface area contributed by atoms with Gasteiger partial charge in [-0.25, -0.2) is 0 Å². The first-order valence-corrected chi connectivity index (χ1v) is 4.79. The summed E-state index contributed by atoms with van der Waals surface area (Å²) >= 11 is 0. The van der Waals surface area contributed by atoms with Gasteiger partial charge in [-0.1, -0.05) is 5.16 Å². The highest BCUT2D eigenvalue weighted by atomic mass is 16.5. The maximum atomic E-state index is 5.14. The van der Waals surface area contributed by atoms with Gasteiger partial charge in [-0.05, 0) is 26.7 Å². The van der Waals surface area contributed by atoms with Crippen molar-refractivity contribution < 1.29 is 4.52 Å². The van der Waals surface area contributed by atoms with E-state index in [2.05, 4.69) is 22.4 Å². The molecule has 1 unspecified atom stereocenters. The summed E-state index contributed by atoms with van der Waals surface area (Å²) in [6.45, 7) is 5.02. The van der Waals surface area contributed by atoms with E-state index in [4.69, 9.17) is 4.52 Å². The molecule has 1 fully saturated rings. The van der Waals surface area contributed by atoms with E-state index in [0.717, 1.165) is 24.7 Å². The van der Waals surface area contributed by atoms with Gasteiger partial charge in [0.25, 0.3) is 0 Å². The predicted molar refractivity (Wildman–Crippen MR) is 48.5 cm³/mol. The highest BCUT2D eigenvalue weighted by molar-refractivity contribution is 4.96. The van der Waals surface area contributed by atoms with Gasteiger partial charge in [0.2, 0.25) is 5.89 Å². The zero-order valence-corrected chi connectivity index (χ0v) is 8.08. The molecule has 4 nitrogen and oxygen atoms in total. The normalized spacial score (nSPS) is 29.1. The van der Waals surface area contributed by atoms with E-state index < -0.39 is 0 Å². The summed E-state index contributed by atoms with van der Waals surface area (Å²) in [5.41, 5.74) is 0. The van der Waals surface area contributed by atoms with Gasteiger partial charge >= 0.3 is 0 Å². The van der Waals surface area contributed by atoms with E-state index in [1.165, 1.54) is 6.42 Å². The molecule has 1 aliphatic heterocycles. The van der Waals surface area contributed by atoms with Gasteiger partial charge in [0, 0.05) is 12.6 Å². The Hall–Kier alpha value is -0.900. The summed E-state index contributed by atoms with van der Waals surface area (Å²) in [6.07, 6.45) is 2.34. The Balaban J connectivity index is 2.02. The fraction of sp³-hybridized carbons (Fsp3) is 0.778. The van der Waals surface area contributed by atoms with Gasteiger partial charge in [0.15, 0.2) is 5.82 Å². The Labute approximate surface area is 77.7 Å². The number of aromatic nitrogens is 2. The third kappa shape index (κ3) is 1.88. The van der Waals surface area contributed by atoms with Gasteiger partial charge in [-0.15, -0.1) is 0 Å². The van der Waals surface area contributed by atoms with E-state index in [9.17, 15) is 0 Å². The van der Waals surface area contributed by atoms with Crippen LogP contribution in [0.1, 0.15) is 37.4 Å². The zero-order chi connectivity index (χ0) is 9.26. The standard InChI is InChI=1S/C9H15N3O/c1-6-3-4-8(5-10-6)9-11-7(2)12-13-9/h6,8,10H,3-5H2,1-2H3/t6-,8?/m1/s1. The van der Waals surface area contributed by atoms with E-state index in [-0.39, 0.29) is 0 Å². The van der Waals surface area contributed by atoms with Crippen molar-refractivity contribution in [2.75, 3.05) is 6.54 Å². The smallest absolute Gasteiger partial charge is 0.231 e. The lowest BCUT2D eigenvalue weighted by molar-refractivity contribution is 0.300. The minimum Gasteiger partial charge on any atom is -0.339 e. The van der Waals surface area contributed by atoms with E-state index >= 15 is 0 Å². The third-order valence-electron chi connectivity index (χ3n) is 2.55. The molecule has 13 heavy (non-hydrogen) atoms. The Bertz CT molecular complexity index is 276. The number of aryl methyl sites for hydroxylation is 1. The van der Waals surface area contributed by atoms with Gasteiger partial charge < -0.3 is 9.84 Å². The second-order valence-electron chi connectivity index (χ2n) is 3.76. The SMILES string of the molecule is Cc1noc(C2CC[C@@H](C)NC2)n1. The molecule has 4 heteroatoms. The number of nitrogens with one attached hydrogen (secondary N) is 1. The summed E-state index contributed by atoms with van der Waals surface area (Å²) in [5.74, 6) is 1.93. The molecule has 0 saturated carbocycles. The van der Waals surface area contributed by atoms with Crippen LogP contribution in [0.15, 0.2) is 4.52 Å². The number of hydrogen-bond donors (Lipinski definition) is 1. The molecule has 1 aromatic rings. The Morgan fingerprint density at radius 3 is 2.85 bits per heavy atom. The molecule has 2 heterocycles. The summed E-state index contributed by atoms with van der Waals surface area (Å²) in [6, 6.07) is 0.625. The monoisotopic (exact) mass is 181 g/mol. The highest BCUT2D eigenvalue weighted by Gasteiger charge is 2.23. The number of piperidine rings is 1. The average molecular weight is 181 g/mol. The molecule has 0 spiro atoms. The Morgan fingerprint density at radius 1 is 1.46 bits per heavy atom. The molecule has 1 saturated heterocycles. The van der Waals surface area contributed by atoms with Gasteiger partial charge in [-0.2, -0.15) is 4.98 Å². The van der Waals surface area contributed by atoms with Crippen LogP contribution in [-0.2, 0) is 0 Å². The molecule has 2 atom stereocenters. The van der Waals surface area contributed by atoms with Crippen LogP contribution in [-0.4, -0.2) is 22.7 Å². The van der Waals surface area contributed by atoms with Crippen molar-refractivity contribution in [3.05, 3.63) is 11.7 Å². The maximum absolute atomic E-state index is 5.14. The second kappa shape index (κ2) is 3.46. The molecule has 0 aliphatic carbocycles. The summed E-state index contributed by atoms with van der Waals surface area (Å²) in [4.78, 5) is 4.24. The van der Waals surface area contributed by atoms with Crippen molar-refractivity contribution in [2.45, 2.75) is 38.6 Å². The molecular formula is C9H15N3O. The molecular weight excluding hydrogens is 166 g/mol. The lowest BCUT2D eigenvalue weighted by Crippen LogP contribution is -2.35. The summed E-state index contributed by atoms with van der Waals surface area (Å²) in [7, 11) is 0. The molecule has 0 amide bonds. The first kappa shape index (κ1) is 8.69. The molecule has 1 aromatic heterocycles. The van der Waals surface area contributed by atoms with Crippen LogP contribution >= 0.6 is 0 Å². The van der Waals surface area contributed by atoms with Crippen LogP contribution in [0, 0.1) is 6.92 Å². The number of rotatable bonds is 1. The van der Waals surface area contributed by atoms with Gasteiger partial charge in [-0.3, -0.25) is 0 Å². The largest absolute Gasteiger partial charge is 0.339 e. The van der Waals surface area contributed by atoms with Crippen LogP contribution in [0.5, 0.6) is 0 Å². The molecule has 0 bridgehead atoms. The molecule has 72 valence electrons. The van der Waals surface area contributed by atoms with Crippen LogP contribution in [0.2, 0.25) is 0 Å². The maximum Gasteiger partial charge on any atom is 0.231 e. The third-order valence-corrected chi connectivity index (χ3v) is 2.55. The fourth-order valence-electron chi connectivity index (χ4n) is 1.69. The van der Waals surface area contributed by atoms with E-state index in [1.807, 2.05) is 6.92 Å². The lowest BCUT2D eigenvalue weighted by atomic mass is 9.95. The topological polar surface area (TPSA) is 51.0 Å². The fourth-order valence-corrected chi connectivity index (χ4v) is 1.69. The summed E-state index contributed by atoms with van der Waals surface area (Å²) in [5, 5.41) is 7.21. The number of nitrogens with zero attached hydrogens (tertiary/aromatic N) is 2. The van der Waals surface area contributed by atoms with E-state index in [0.29, 0.717) is 12.0 Å². The van der Waals surface area contributed by atoms with Crippen LogP contribution in [0.4, 0.5) is 0 Å². The molecule has 2 rings (SSSR count). The Kier molecular flexibility index (Phi) is 2.31. The van der Waals surface area contributed by atoms with Crippen LogP contribution < -0.4 is 5.32 Å². The van der Waals surface area contributed by atoms with Crippen molar-refractivity contribution >= 4 is 0 Å². The first-order valence-electron chi connectivity index (χ1n) is 4.79. The quantitative estimate of drug-likeness (QED) is 0.708. The summed E-state index contributed by atoms with van der Waals surface area (Å²) < 4.78 is 5.14. The molecule has 1 N–H and O–H groups in total. The van der Waals surface area contributed by atoms with Crippen molar-refractivity contribution in [2.24, 2.45) is 0 Å². The van der Waals surface area contributed by atoms with Crippen LogP contribution in [0.25, 0.3) is 0 Å². The van der Waals surface area contributed by atoms with Crippen molar-refractivity contribution in [1.82, 2.24) is 15.5 Å². The zero-order valence-electron chi connectivity index (χ0n) is 8.08. The second-order valence-corrected chi connectivity index (χ2v) is 3.76.